The van der Waals surface area contributed by atoms with E-state index in [9.17, 15) is 8.78 Å². The highest BCUT2D eigenvalue weighted by atomic mass is 19.1. The SMILES string of the molecule is CCN1CCOC(COc2c(F)cc(CNC)cc2F)C1. The Hall–Kier alpha value is -1.24. The van der Waals surface area contributed by atoms with Crippen LogP contribution >= 0.6 is 0 Å². The molecule has 118 valence electrons. The Morgan fingerprint density at radius 3 is 2.71 bits per heavy atom. The predicted octanol–water partition coefficient (Wildman–Crippen LogP) is 1.78. The molecule has 0 spiro atoms. The standard InChI is InChI=1S/C15H22F2N2O2/c1-3-19-4-5-20-12(9-19)10-21-15-13(16)6-11(8-18-2)7-14(15)17/h6-7,12,18H,3-5,8-10H2,1-2H3. The zero-order valence-corrected chi connectivity index (χ0v) is 12.5. The smallest absolute Gasteiger partial charge is 0.190 e. The van der Waals surface area contributed by atoms with Crippen molar-refractivity contribution < 1.29 is 18.3 Å². The highest BCUT2D eigenvalue weighted by molar-refractivity contribution is 5.31. The van der Waals surface area contributed by atoms with E-state index in [1.165, 1.54) is 12.1 Å². The van der Waals surface area contributed by atoms with Crippen LogP contribution in [0, 0.1) is 11.6 Å². The van der Waals surface area contributed by atoms with Gasteiger partial charge in [-0.05, 0) is 31.3 Å². The summed E-state index contributed by atoms with van der Waals surface area (Å²) in [6, 6.07) is 2.57. The highest BCUT2D eigenvalue weighted by Gasteiger charge is 2.21. The van der Waals surface area contributed by atoms with Gasteiger partial charge in [0.15, 0.2) is 17.4 Å². The van der Waals surface area contributed by atoms with Crippen LogP contribution < -0.4 is 10.1 Å². The van der Waals surface area contributed by atoms with E-state index in [4.69, 9.17) is 9.47 Å². The van der Waals surface area contributed by atoms with Crippen molar-refractivity contribution in [2.24, 2.45) is 0 Å². The van der Waals surface area contributed by atoms with Crippen molar-refractivity contribution in [1.82, 2.24) is 10.2 Å². The molecule has 1 aromatic rings. The Morgan fingerprint density at radius 2 is 2.10 bits per heavy atom. The Kier molecular flexibility index (Phi) is 5.90. The van der Waals surface area contributed by atoms with Gasteiger partial charge < -0.3 is 14.8 Å². The Bertz CT molecular complexity index is 448. The maximum absolute atomic E-state index is 13.9. The molecule has 1 aliphatic heterocycles. The average molecular weight is 300 g/mol. The first-order valence-electron chi connectivity index (χ1n) is 7.23. The molecule has 1 N–H and O–H groups in total. The first kappa shape index (κ1) is 16.1. The number of ether oxygens (including phenoxy) is 2. The van der Waals surface area contributed by atoms with E-state index in [0.717, 1.165) is 19.6 Å². The number of nitrogens with one attached hydrogen (secondary N) is 1. The van der Waals surface area contributed by atoms with Crippen LogP contribution in [0.15, 0.2) is 12.1 Å². The van der Waals surface area contributed by atoms with E-state index < -0.39 is 11.6 Å². The minimum Gasteiger partial charge on any atom is -0.485 e. The third-order valence-corrected chi connectivity index (χ3v) is 3.52. The molecule has 4 nitrogen and oxygen atoms in total. The normalized spacial score (nSPS) is 19.7. The molecular formula is C15H22F2N2O2. The molecular weight excluding hydrogens is 278 g/mol. The minimum atomic E-state index is -0.677. The van der Waals surface area contributed by atoms with E-state index in [1.807, 2.05) is 0 Å². The molecule has 0 aliphatic carbocycles. The van der Waals surface area contributed by atoms with Crippen molar-refractivity contribution in [3.63, 3.8) is 0 Å². The van der Waals surface area contributed by atoms with Crippen LogP contribution in [0.1, 0.15) is 12.5 Å². The van der Waals surface area contributed by atoms with Gasteiger partial charge in [0.2, 0.25) is 0 Å². The van der Waals surface area contributed by atoms with Crippen LogP contribution in [-0.4, -0.2) is 50.9 Å². The lowest BCUT2D eigenvalue weighted by atomic mass is 10.2. The molecule has 1 fully saturated rings. The number of hydrogen-bond acceptors (Lipinski definition) is 4. The molecule has 1 atom stereocenters. The van der Waals surface area contributed by atoms with Crippen molar-refractivity contribution in [3.05, 3.63) is 29.3 Å². The number of nitrogens with zero attached hydrogens (tertiary/aromatic N) is 1. The summed E-state index contributed by atoms with van der Waals surface area (Å²) in [5.74, 6) is -1.68. The summed E-state index contributed by atoms with van der Waals surface area (Å²) in [5, 5.41) is 2.85. The van der Waals surface area contributed by atoms with Crippen molar-refractivity contribution in [2.75, 3.05) is 39.9 Å². The lowest BCUT2D eigenvalue weighted by Crippen LogP contribution is -2.44. The predicted molar refractivity (Wildman–Crippen MR) is 76.5 cm³/mol. The van der Waals surface area contributed by atoms with E-state index in [0.29, 0.717) is 18.7 Å². The number of hydrogen-bond donors (Lipinski definition) is 1. The van der Waals surface area contributed by atoms with Gasteiger partial charge in [0.25, 0.3) is 0 Å². The molecule has 1 saturated heterocycles. The zero-order valence-electron chi connectivity index (χ0n) is 12.5. The molecule has 1 unspecified atom stereocenters. The number of halogens is 2. The summed E-state index contributed by atoms with van der Waals surface area (Å²) >= 11 is 0. The molecule has 0 amide bonds. The molecule has 1 heterocycles. The lowest BCUT2D eigenvalue weighted by Gasteiger charge is -2.31. The largest absolute Gasteiger partial charge is 0.485 e. The number of benzene rings is 1. The van der Waals surface area contributed by atoms with Crippen LogP contribution in [0.5, 0.6) is 5.75 Å². The average Bonchev–Trinajstić information content (AvgIpc) is 2.47. The Morgan fingerprint density at radius 1 is 1.38 bits per heavy atom. The zero-order chi connectivity index (χ0) is 15.2. The maximum atomic E-state index is 13.9. The first-order valence-corrected chi connectivity index (χ1v) is 7.23. The van der Waals surface area contributed by atoms with Crippen molar-refractivity contribution in [1.29, 1.82) is 0 Å². The fourth-order valence-electron chi connectivity index (χ4n) is 2.40. The molecule has 6 heteroatoms. The van der Waals surface area contributed by atoms with Gasteiger partial charge in [-0.2, -0.15) is 0 Å². The second-order valence-electron chi connectivity index (χ2n) is 5.12. The van der Waals surface area contributed by atoms with E-state index in [-0.39, 0.29) is 18.5 Å². The topological polar surface area (TPSA) is 33.7 Å². The van der Waals surface area contributed by atoms with Crippen LogP contribution in [-0.2, 0) is 11.3 Å². The highest BCUT2D eigenvalue weighted by Crippen LogP contribution is 2.24. The Balaban J connectivity index is 1.96. The molecule has 1 aromatic carbocycles. The van der Waals surface area contributed by atoms with Crippen LogP contribution in [0.4, 0.5) is 8.78 Å². The molecule has 0 saturated carbocycles. The molecule has 21 heavy (non-hydrogen) atoms. The van der Waals surface area contributed by atoms with Gasteiger partial charge in [-0.1, -0.05) is 6.92 Å². The third-order valence-electron chi connectivity index (χ3n) is 3.52. The van der Waals surface area contributed by atoms with E-state index >= 15 is 0 Å². The van der Waals surface area contributed by atoms with Gasteiger partial charge >= 0.3 is 0 Å². The lowest BCUT2D eigenvalue weighted by molar-refractivity contribution is -0.0473. The third kappa shape index (κ3) is 4.36. The molecule has 2 rings (SSSR count). The van der Waals surface area contributed by atoms with Crippen molar-refractivity contribution in [2.45, 2.75) is 19.6 Å². The summed E-state index contributed by atoms with van der Waals surface area (Å²) in [4.78, 5) is 2.22. The van der Waals surface area contributed by atoms with Gasteiger partial charge in [-0.3, -0.25) is 4.90 Å². The summed E-state index contributed by atoms with van der Waals surface area (Å²) in [5.41, 5.74) is 0.547. The fourth-order valence-corrected chi connectivity index (χ4v) is 2.40. The first-order chi connectivity index (χ1) is 10.1. The second kappa shape index (κ2) is 7.68. The van der Waals surface area contributed by atoms with Gasteiger partial charge in [-0.25, -0.2) is 8.78 Å². The van der Waals surface area contributed by atoms with Crippen LogP contribution in [0.3, 0.4) is 0 Å². The number of likely N-dealkylation sites (N-methyl/N-ethyl adjacent to an activating group) is 1. The van der Waals surface area contributed by atoms with E-state index in [2.05, 4.69) is 17.1 Å². The summed E-state index contributed by atoms with van der Waals surface area (Å²) < 4.78 is 38.6. The summed E-state index contributed by atoms with van der Waals surface area (Å²) in [6.45, 7) is 5.78. The molecule has 1 aliphatic rings. The summed E-state index contributed by atoms with van der Waals surface area (Å²) in [6.07, 6.45) is -0.158. The van der Waals surface area contributed by atoms with E-state index in [1.54, 1.807) is 7.05 Å². The van der Waals surface area contributed by atoms with Crippen LogP contribution in [0.2, 0.25) is 0 Å². The van der Waals surface area contributed by atoms with Crippen molar-refractivity contribution in [3.8, 4) is 5.75 Å². The van der Waals surface area contributed by atoms with Crippen LogP contribution in [0.25, 0.3) is 0 Å². The van der Waals surface area contributed by atoms with Gasteiger partial charge in [-0.15, -0.1) is 0 Å². The minimum absolute atomic E-state index is 0.149. The Labute approximate surface area is 124 Å². The molecule has 0 radical (unpaired) electrons. The monoisotopic (exact) mass is 300 g/mol. The fraction of sp³-hybridized carbons (Fsp3) is 0.600. The number of rotatable bonds is 6. The van der Waals surface area contributed by atoms with Gasteiger partial charge in [0.05, 0.1) is 6.61 Å². The van der Waals surface area contributed by atoms with Crippen molar-refractivity contribution >= 4 is 0 Å². The second-order valence-corrected chi connectivity index (χ2v) is 5.12. The van der Waals surface area contributed by atoms with Gasteiger partial charge in [0, 0.05) is 19.6 Å². The molecule has 0 aromatic heterocycles. The molecule has 0 bridgehead atoms. The summed E-state index contributed by atoms with van der Waals surface area (Å²) in [7, 11) is 1.72. The maximum Gasteiger partial charge on any atom is 0.190 e. The van der Waals surface area contributed by atoms with Gasteiger partial charge in [0.1, 0.15) is 12.7 Å². The quantitative estimate of drug-likeness (QED) is 0.868. The number of morpholine rings is 1.